The molecule has 0 unspecified atom stereocenters. The van der Waals surface area contributed by atoms with Crippen molar-refractivity contribution >= 4 is 17.2 Å². The third-order valence-corrected chi connectivity index (χ3v) is 7.80. The van der Waals surface area contributed by atoms with Crippen molar-refractivity contribution in [1.29, 1.82) is 0 Å². The second-order valence-electron chi connectivity index (χ2n) is 9.09. The van der Waals surface area contributed by atoms with Gasteiger partial charge in [0.2, 0.25) is 5.91 Å². The van der Waals surface area contributed by atoms with Crippen LogP contribution >= 0.6 is 11.3 Å². The van der Waals surface area contributed by atoms with E-state index in [-0.39, 0.29) is 11.9 Å². The second-order valence-corrected chi connectivity index (χ2v) is 9.87. The summed E-state index contributed by atoms with van der Waals surface area (Å²) in [4.78, 5) is 18.5. The van der Waals surface area contributed by atoms with Crippen molar-refractivity contribution in [3.8, 4) is 0 Å². The zero-order chi connectivity index (χ0) is 21.5. The van der Waals surface area contributed by atoms with Crippen LogP contribution in [0.15, 0.2) is 41.4 Å². The van der Waals surface area contributed by atoms with E-state index in [2.05, 4.69) is 43.6 Å². The molecule has 0 spiro atoms. The fraction of sp³-hybridized carbons (Fsp3) is 0.640. The molecule has 2 aromatic heterocycles. The van der Waals surface area contributed by atoms with Crippen molar-refractivity contribution in [3.05, 3.63) is 46.9 Å². The van der Waals surface area contributed by atoms with Gasteiger partial charge in [-0.1, -0.05) is 6.42 Å². The van der Waals surface area contributed by atoms with Crippen LogP contribution in [0.1, 0.15) is 56.6 Å². The van der Waals surface area contributed by atoms with Gasteiger partial charge in [-0.2, -0.15) is 11.3 Å². The minimum atomic E-state index is 0.0659. The van der Waals surface area contributed by atoms with Crippen LogP contribution in [0, 0.1) is 5.92 Å². The Kier molecular flexibility index (Phi) is 8.22. The molecule has 170 valence electrons. The van der Waals surface area contributed by atoms with E-state index in [1.807, 2.05) is 12.1 Å². The standard InChI is InChI=1S/C25H37N3O2S/c1-30-16-7-15-28(19-21-8-6-14-26-11-3-2-9-23(21)26)25(29)18-24(22-10-17-31-20-22)27-12-4-5-13-27/h4-5,10,12-13,17,20-21,23-24H,2-3,6-9,11,14-16,18-19H2,1H3/t21-,23+,24+/m0/s1. The first-order chi connectivity index (χ1) is 15.3. The molecule has 0 radical (unpaired) electrons. The highest BCUT2D eigenvalue weighted by molar-refractivity contribution is 7.08. The lowest BCUT2D eigenvalue weighted by Crippen LogP contribution is -2.52. The highest BCUT2D eigenvalue weighted by atomic mass is 32.1. The number of thiophene rings is 1. The number of hydrogen-bond donors (Lipinski definition) is 0. The third-order valence-electron chi connectivity index (χ3n) is 7.10. The maximum absolute atomic E-state index is 13.6. The molecular weight excluding hydrogens is 406 g/mol. The maximum Gasteiger partial charge on any atom is 0.225 e. The summed E-state index contributed by atoms with van der Waals surface area (Å²) in [5.74, 6) is 0.876. The third kappa shape index (κ3) is 5.79. The van der Waals surface area contributed by atoms with E-state index in [1.165, 1.54) is 50.8 Å². The number of nitrogens with zero attached hydrogens (tertiary/aromatic N) is 3. The molecule has 0 saturated carbocycles. The molecule has 2 aromatic rings. The van der Waals surface area contributed by atoms with Gasteiger partial charge in [-0.25, -0.2) is 0 Å². The topological polar surface area (TPSA) is 37.7 Å². The Morgan fingerprint density at radius 2 is 2.06 bits per heavy atom. The number of amides is 1. The van der Waals surface area contributed by atoms with E-state index in [0.717, 1.165) is 19.5 Å². The molecule has 0 aromatic carbocycles. The largest absolute Gasteiger partial charge is 0.385 e. The number of rotatable bonds is 10. The van der Waals surface area contributed by atoms with Crippen LogP contribution in [-0.2, 0) is 9.53 Å². The molecular formula is C25H37N3O2S. The lowest BCUT2D eigenvalue weighted by Gasteiger charge is -2.45. The average molecular weight is 444 g/mol. The van der Waals surface area contributed by atoms with Gasteiger partial charge in [0.05, 0.1) is 12.5 Å². The fourth-order valence-corrected chi connectivity index (χ4v) is 6.21. The number of fused-ring (bicyclic) bond motifs is 1. The Bertz CT molecular complexity index is 741. The van der Waals surface area contributed by atoms with Crippen molar-refractivity contribution in [2.24, 2.45) is 5.92 Å². The molecule has 6 heteroatoms. The molecule has 2 aliphatic heterocycles. The Morgan fingerprint density at radius 1 is 1.23 bits per heavy atom. The molecule has 2 saturated heterocycles. The van der Waals surface area contributed by atoms with E-state index in [1.54, 1.807) is 18.4 Å². The van der Waals surface area contributed by atoms with Gasteiger partial charge in [0.25, 0.3) is 0 Å². The van der Waals surface area contributed by atoms with Gasteiger partial charge in [-0.05, 0) is 85.6 Å². The van der Waals surface area contributed by atoms with Crippen molar-refractivity contribution in [2.45, 2.75) is 57.0 Å². The number of hydrogen-bond acceptors (Lipinski definition) is 4. The van der Waals surface area contributed by atoms with E-state index in [0.29, 0.717) is 25.0 Å². The van der Waals surface area contributed by atoms with Crippen LogP contribution in [-0.4, -0.2) is 66.2 Å². The minimum Gasteiger partial charge on any atom is -0.385 e. The van der Waals surface area contributed by atoms with Gasteiger partial charge in [-0.3, -0.25) is 4.79 Å². The van der Waals surface area contributed by atoms with E-state index in [9.17, 15) is 4.79 Å². The number of piperidine rings is 2. The first kappa shape index (κ1) is 22.6. The Balaban J connectivity index is 1.47. The molecule has 5 nitrogen and oxygen atoms in total. The number of aromatic nitrogens is 1. The van der Waals surface area contributed by atoms with Gasteiger partial charge in [-0.15, -0.1) is 0 Å². The van der Waals surface area contributed by atoms with Gasteiger partial charge >= 0.3 is 0 Å². The molecule has 0 N–H and O–H groups in total. The van der Waals surface area contributed by atoms with Crippen molar-refractivity contribution in [2.75, 3.05) is 39.9 Å². The zero-order valence-electron chi connectivity index (χ0n) is 18.8. The molecule has 3 atom stereocenters. The molecule has 1 amide bonds. The predicted octanol–water partition coefficient (Wildman–Crippen LogP) is 4.66. The van der Waals surface area contributed by atoms with Crippen molar-refractivity contribution in [1.82, 2.24) is 14.4 Å². The van der Waals surface area contributed by atoms with Crippen LogP contribution in [0.5, 0.6) is 0 Å². The number of ether oxygens (including phenoxy) is 1. The quantitative estimate of drug-likeness (QED) is 0.501. The normalized spacial score (nSPS) is 22.7. The Morgan fingerprint density at radius 3 is 2.84 bits per heavy atom. The van der Waals surface area contributed by atoms with E-state index < -0.39 is 0 Å². The number of carbonyl (C=O) groups is 1. The summed E-state index contributed by atoms with van der Waals surface area (Å²) in [6.45, 7) is 4.87. The van der Waals surface area contributed by atoms with Gasteiger partial charge < -0.3 is 19.1 Å². The smallest absolute Gasteiger partial charge is 0.225 e. The number of carbonyl (C=O) groups excluding carboxylic acids is 1. The van der Waals surface area contributed by atoms with Gasteiger partial charge in [0, 0.05) is 45.2 Å². The SMILES string of the molecule is COCCCN(C[C@@H]1CCCN2CCCC[C@H]12)C(=O)C[C@H](c1ccsc1)n1cccc1. The monoisotopic (exact) mass is 443 g/mol. The Hall–Kier alpha value is -1.63. The zero-order valence-corrected chi connectivity index (χ0v) is 19.6. The maximum atomic E-state index is 13.6. The first-order valence-corrected chi connectivity index (χ1v) is 12.9. The van der Waals surface area contributed by atoms with Crippen LogP contribution in [0.4, 0.5) is 0 Å². The fourth-order valence-electron chi connectivity index (χ4n) is 5.50. The summed E-state index contributed by atoms with van der Waals surface area (Å²) in [6, 6.07) is 6.96. The highest BCUT2D eigenvalue weighted by Crippen LogP contribution is 2.32. The summed E-state index contributed by atoms with van der Waals surface area (Å²) in [5, 5.41) is 4.28. The predicted molar refractivity (Wildman–Crippen MR) is 127 cm³/mol. The van der Waals surface area contributed by atoms with Crippen molar-refractivity contribution < 1.29 is 9.53 Å². The van der Waals surface area contributed by atoms with Gasteiger partial charge in [0.1, 0.15) is 0 Å². The first-order valence-electron chi connectivity index (χ1n) is 11.9. The van der Waals surface area contributed by atoms with Crippen LogP contribution in [0.2, 0.25) is 0 Å². The molecule has 0 aliphatic carbocycles. The summed E-state index contributed by atoms with van der Waals surface area (Å²) < 4.78 is 7.48. The van der Waals surface area contributed by atoms with Crippen LogP contribution in [0.25, 0.3) is 0 Å². The van der Waals surface area contributed by atoms with E-state index >= 15 is 0 Å². The molecule has 0 bridgehead atoms. The lowest BCUT2D eigenvalue weighted by molar-refractivity contribution is -0.133. The average Bonchev–Trinajstić information content (AvgIpc) is 3.51. The summed E-state index contributed by atoms with van der Waals surface area (Å²) >= 11 is 1.70. The van der Waals surface area contributed by atoms with E-state index in [4.69, 9.17) is 4.74 Å². The second kappa shape index (κ2) is 11.3. The molecule has 4 heterocycles. The minimum absolute atomic E-state index is 0.0659. The Labute approximate surface area is 191 Å². The van der Waals surface area contributed by atoms with Gasteiger partial charge in [0.15, 0.2) is 0 Å². The van der Waals surface area contributed by atoms with Crippen LogP contribution in [0.3, 0.4) is 0 Å². The highest BCUT2D eigenvalue weighted by Gasteiger charge is 2.35. The molecule has 4 rings (SSSR count). The summed E-state index contributed by atoms with van der Waals surface area (Å²) in [7, 11) is 1.74. The molecule has 2 aliphatic rings. The van der Waals surface area contributed by atoms with Crippen molar-refractivity contribution in [3.63, 3.8) is 0 Å². The summed E-state index contributed by atoms with van der Waals surface area (Å²) in [6.07, 6.45) is 12.0. The number of methoxy groups -OCH3 is 1. The lowest BCUT2D eigenvalue weighted by atomic mass is 9.83. The molecule has 31 heavy (non-hydrogen) atoms. The molecule has 2 fully saturated rings. The van der Waals surface area contributed by atoms with Crippen LogP contribution < -0.4 is 0 Å². The summed E-state index contributed by atoms with van der Waals surface area (Å²) in [5.41, 5.74) is 1.22.